The largest absolute Gasteiger partial charge is 0.497 e. The van der Waals surface area contributed by atoms with E-state index in [0.29, 0.717) is 0 Å². The molecule has 216 valence electrons. The van der Waals surface area contributed by atoms with Crippen LogP contribution in [0.1, 0.15) is 15.3 Å². The van der Waals surface area contributed by atoms with Crippen LogP contribution >= 0.6 is 22.7 Å². The van der Waals surface area contributed by atoms with Crippen LogP contribution in [-0.2, 0) is 4.79 Å². The van der Waals surface area contributed by atoms with E-state index < -0.39 is 5.97 Å². The van der Waals surface area contributed by atoms with Crippen molar-refractivity contribution in [1.29, 1.82) is 5.26 Å². The van der Waals surface area contributed by atoms with Gasteiger partial charge in [0.25, 0.3) is 0 Å². The number of thiophene rings is 2. The smallest absolute Gasteiger partial charge is 0.346 e. The van der Waals surface area contributed by atoms with Crippen molar-refractivity contribution in [1.82, 2.24) is 0 Å². The molecule has 0 spiro atoms. The predicted molar refractivity (Wildman–Crippen MR) is 182 cm³/mol. The molecular weight excluding hydrogens is 589 g/mol. The molecule has 0 amide bonds. The molecule has 1 N–H and O–H groups in total. The number of carboxylic acid groups (broad SMARTS) is 1. The van der Waals surface area contributed by atoms with Crippen molar-refractivity contribution >= 4 is 84.1 Å². The molecule has 4 aromatic carbocycles. The van der Waals surface area contributed by atoms with E-state index in [0.717, 1.165) is 64.1 Å². The van der Waals surface area contributed by atoms with Crippen LogP contribution in [0.15, 0.2) is 103 Å². The van der Waals surface area contributed by atoms with E-state index in [2.05, 4.69) is 59.5 Å². The average molecular weight is 615 g/mol. The van der Waals surface area contributed by atoms with Crippen molar-refractivity contribution in [3.05, 3.63) is 118 Å². The second kappa shape index (κ2) is 12.5. The third kappa shape index (κ3) is 6.06. The number of fused-ring (bicyclic) bond motifs is 2. The second-order valence-electron chi connectivity index (χ2n) is 9.86. The maximum Gasteiger partial charge on any atom is 0.346 e. The summed E-state index contributed by atoms with van der Waals surface area (Å²) in [4.78, 5) is 15.3. The highest BCUT2D eigenvalue weighted by Gasteiger charge is 2.13. The molecule has 0 unspecified atom stereocenters. The Morgan fingerprint density at radius 1 is 0.727 bits per heavy atom. The summed E-state index contributed by atoms with van der Waals surface area (Å²) in [5.74, 6) is 0.387. The minimum absolute atomic E-state index is 0.270. The molecule has 0 atom stereocenters. The third-order valence-electron chi connectivity index (χ3n) is 7.08. The van der Waals surface area contributed by atoms with Crippen LogP contribution in [0.2, 0.25) is 0 Å². The number of benzene rings is 4. The van der Waals surface area contributed by atoms with Crippen LogP contribution < -0.4 is 14.4 Å². The van der Waals surface area contributed by atoms with Crippen LogP contribution in [0.3, 0.4) is 0 Å². The number of carboxylic acids is 1. The SMILES string of the molecule is COc1ccc(N(c2ccc(/C=C/c3cc4cc5sc(/C=C(\C#N)C(=O)O)cc5cc4s3)cc2)c2ccc(OC)cc2)cc1. The van der Waals surface area contributed by atoms with Crippen molar-refractivity contribution < 1.29 is 19.4 Å². The van der Waals surface area contributed by atoms with Gasteiger partial charge in [0.1, 0.15) is 23.1 Å². The summed E-state index contributed by atoms with van der Waals surface area (Å²) in [5.41, 5.74) is 3.87. The number of hydrogen-bond acceptors (Lipinski definition) is 7. The van der Waals surface area contributed by atoms with Crippen molar-refractivity contribution in [2.75, 3.05) is 19.1 Å². The molecule has 0 aliphatic carbocycles. The molecule has 2 aromatic heterocycles. The van der Waals surface area contributed by atoms with Crippen LogP contribution in [0.4, 0.5) is 17.1 Å². The fraction of sp³-hybridized carbons (Fsp3) is 0.0556. The highest BCUT2D eigenvalue weighted by atomic mass is 32.1. The normalized spacial score (nSPS) is 11.6. The van der Waals surface area contributed by atoms with Gasteiger partial charge in [-0.3, -0.25) is 0 Å². The Bertz CT molecular complexity index is 1970. The highest BCUT2D eigenvalue weighted by molar-refractivity contribution is 7.21. The fourth-order valence-electron chi connectivity index (χ4n) is 4.87. The zero-order valence-corrected chi connectivity index (χ0v) is 25.5. The fourth-order valence-corrected chi connectivity index (χ4v) is 6.91. The van der Waals surface area contributed by atoms with Gasteiger partial charge in [-0.2, -0.15) is 5.26 Å². The molecule has 0 bridgehead atoms. The molecule has 0 radical (unpaired) electrons. The number of ether oxygens (including phenoxy) is 2. The number of hydrogen-bond donors (Lipinski definition) is 1. The first-order chi connectivity index (χ1) is 21.4. The Balaban J connectivity index is 1.24. The summed E-state index contributed by atoms with van der Waals surface area (Å²) in [7, 11) is 3.33. The summed E-state index contributed by atoms with van der Waals surface area (Å²) in [5, 5.41) is 20.4. The van der Waals surface area contributed by atoms with Crippen LogP contribution in [0.25, 0.3) is 38.4 Å². The summed E-state index contributed by atoms with van der Waals surface area (Å²) in [6, 6.07) is 34.5. The Labute approximate surface area is 262 Å². The number of carbonyl (C=O) groups is 1. The second-order valence-corrected chi connectivity index (χ2v) is 12.1. The van der Waals surface area contributed by atoms with Gasteiger partial charge in [-0.25, -0.2) is 4.79 Å². The van der Waals surface area contributed by atoms with Crippen LogP contribution in [0, 0.1) is 11.3 Å². The number of nitrogens with zero attached hydrogens (tertiary/aromatic N) is 2. The van der Waals surface area contributed by atoms with Crippen molar-refractivity contribution in [3.63, 3.8) is 0 Å². The molecule has 0 saturated carbocycles. The lowest BCUT2D eigenvalue weighted by molar-refractivity contribution is -0.132. The minimum Gasteiger partial charge on any atom is -0.497 e. The Morgan fingerprint density at radius 3 is 1.68 bits per heavy atom. The minimum atomic E-state index is -1.22. The van der Waals surface area contributed by atoms with E-state index >= 15 is 0 Å². The first kappa shape index (κ1) is 28.7. The zero-order valence-electron chi connectivity index (χ0n) is 23.9. The molecule has 2 heterocycles. The topological polar surface area (TPSA) is 82.8 Å². The van der Waals surface area contributed by atoms with E-state index in [4.69, 9.17) is 19.8 Å². The summed E-state index contributed by atoms with van der Waals surface area (Å²) < 4.78 is 12.9. The van der Waals surface area contributed by atoms with E-state index in [-0.39, 0.29) is 5.57 Å². The molecular formula is C36H26N2O4S2. The van der Waals surface area contributed by atoms with Gasteiger partial charge in [-0.1, -0.05) is 18.2 Å². The lowest BCUT2D eigenvalue weighted by Gasteiger charge is -2.26. The van der Waals surface area contributed by atoms with E-state index in [1.165, 1.54) is 17.4 Å². The van der Waals surface area contributed by atoms with Crippen LogP contribution in [-0.4, -0.2) is 25.3 Å². The number of rotatable bonds is 9. The monoisotopic (exact) mass is 614 g/mol. The molecule has 0 aliphatic heterocycles. The molecule has 6 rings (SSSR count). The quantitative estimate of drug-likeness (QED) is 0.129. The Kier molecular flexibility index (Phi) is 8.15. The Morgan fingerprint density at radius 2 is 1.20 bits per heavy atom. The van der Waals surface area contributed by atoms with Crippen molar-refractivity contribution in [3.8, 4) is 17.6 Å². The molecule has 6 nitrogen and oxygen atoms in total. The van der Waals surface area contributed by atoms with Gasteiger partial charge in [0, 0.05) is 36.2 Å². The maximum absolute atomic E-state index is 11.2. The third-order valence-corrected chi connectivity index (χ3v) is 9.19. The maximum atomic E-state index is 11.2. The average Bonchev–Trinajstić information content (AvgIpc) is 3.64. The number of aliphatic carboxylic acids is 1. The number of anilines is 3. The van der Waals surface area contributed by atoms with E-state index in [1.807, 2.05) is 54.6 Å². The van der Waals surface area contributed by atoms with E-state index in [9.17, 15) is 4.79 Å². The molecule has 8 heteroatoms. The summed E-state index contributed by atoms with van der Waals surface area (Å²) in [6.45, 7) is 0. The first-order valence-corrected chi connectivity index (χ1v) is 15.3. The summed E-state index contributed by atoms with van der Waals surface area (Å²) in [6.07, 6.45) is 5.66. The molecule has 0 saturated heterocycles. The molecule has 44 heavy (non-hydrogen) atoms. The van der Waals surface area contributed by atoms with Gasteiger partial charge in [-0.15, -0.1) is 22.7 Å². The van der Waals surface area contributed by atoms with Crippen molar-refractivity contribution in [2.45, 2.75) is 0 Å². The van der Waals surface area contributed by atoms with Gasteiger partial charge in [-0.05, 0) is 113 Å². The van der Waals surface area contributed by atoms with Crippen LogP contribution in [0.5, 0.6) is 11.5 Å². The summed E-state index contributed by atoms with van der Waals surface area (Å²) >= 11 is 3.18. The molecule has 0 fully saturated rings. The van der Waals surface area contributed by atoms with Crippen molar-refractivity contribution in [2.24, 2.45) is 0 Å². The number of nitriles is 1. The van der Waals surface area contributed by atoms with Gasteiger partial charge in [0.2, 0.25) is 0 Å². The molecule has 0 aliphatic rings. The molecule has 6 aromatic rings. The highest BCUT2D eigenvalue weighted by Crippen LogP contribution is 2.37. The number of methoxy groups -OCH3 is 2. The van der Waals surface area contributed by atoms with E-state index in [1.54, 1.807) is 31.6 Å². The van der Waals surface area contributed by atoms with Gasteiger partial charge in [0.05, 0.1) is 14.2 Å². The first-order valence-electron chi connectivity index (χ1n) is 13.6. The lowest BCUT2D eigenvalue weighted by Crippen LogP contribution is -2.09. The Hall–Kier alpha value is -5.36. The standard InChI is InChI=1S/C36H26N2O4S2/c1-41-30-12-8-28(9-13-30)38(29-10-14-31(42-2)15-11-29)27-6-3-23(4-7-27)5-16-32-17-24-20-35-25(21-34(24)43-32)18-33(44-35)19-26(22-37)36(39)40/h3-21H,1-2H3,(H,39,40)/b16-5+,26-19+. The lowest BCUT2D eigenvalue weighted by atomic mass is 10.1. The van der Waals surface area contributed by atoms with Gasteiger partial charge >= 0.3 is 5.97 Å². The van der Waals surface area contributed by atoms with Gasteiger partial charge < -0.3 is 19.5 Å². The van der Waals surface area contributed by atoms with Gasteiger partial charge in [0.15, 0.2) is 0 Å². The zero-order chi connectivity index (χ0) is 30.6. The predicted octanol–water partition coefficient (Wildman–Crippen LogP) is 9.76.